The number of sulfonamides is 1. The smallest absolute Gasteiger partial charge is 0.329 e. The lowest BCUT2D eigenvalue weighted by Gasteiger charge is -2.38. The molecule has 1 aliphatic carbocycles. The minimum absolute atomic E-state index is 0.145. The molecule has 8 heteroatoms. The molecule has 1 aliphatic rings. The normalized spacial score (nSPS) is 16.0. The van der Waals surface area contributed by atoms with Gasteiger partial charge in [0.05, 0.1) is 0 Å². The van der Waals surface area contributed by atoms with Gasteiger partial charge in [-0.2, -0.15) is 0 Å². The minimum Gasteiger partial charge on any atom is -0.480 e. The number of hydrogen-bond acceptors (Lipinski definition) is 5. The van der Waals surface area contributed by atoms with E-state index >= 15 is 0 Å². The Labute approximate surface area is 146 Å². The first-order valence-electron chi connectivity index (χ1n) is 7.94. The Kier molecular flexibility index (Phi) is 4.73. The highest BCUT2D eigenvalue weighted by molar-refractivity contribution is 7.89. The van der Waals surface area contributed by atoms with Crippen molar-refractivity contribution in [2.75, 3.05) is 5.32 Å². The molecule has 0 bridgehead atoms. The van der Waals surface area contributed by atoms with Crippen LogP contribution in [0, 0.1) is 0 Å². The van der Waals surface area contributed by atoms with Crippen molar-refractivity contribution in [3.05, 3.63) is 54.1 Å². The van der Waals surface area contributed by atoms with Gasteiger partial charge in [0.25, 0.3) is 10.0 Å². The predicted octanol–water partition coefficient (Wildman–Crippen LogP) is 1.98. The van der Waals surface area contributed by atoms with Gasteiger partial charge in [-0.3, -0.25) is 0 Å². The van der Waals surface area contributed by atoms with Crippen LogP contribution in [0.15, 0.2) is 53.6 Å². The number of carboxylic acids is 1. The van der Waals surface area contributed by atoms with Gasteiger partial charge in [-0.05, 0) is 37.0 Å². The van der Waals surface area contributed by atoms with Crippen LogP contribution in [0.2, 0.25) is 0 Å². The Morgan fingerprint density at radius 3 is 2.44 bits per heavy atom. The van der Waals surface area contributed by atoms with Gasteiger partial charge in [-0.25, -0.2) is 22.9 Å². The molecule has 1 saturated carbocycles. The fourth-order valence-electron chi connectivity index (χ4n) is 2.65. The Bertz CT molecular complexity index is 864. The van der Waals surface area contributed by atoms with Crippen LogP contribution in [-0.2, 0) is 21.4 Å². The summed E-state index contributed by atoms with van der Waals surface area (Å²) < 4.78 is 27.3. The Balaban J connectivity index is 1.75. The van der Waals surface area contributed by atoms with Crippen LogP contribution < -0.4 is 10.0 Å². The average molecular weight is 361 g/mol. The van der Waals surface area contributed by atoms with Gasteiger partial charge in [-0.15, -0.1) is 0 Å². The lowest BCUT2D eigenvalue weighted by molar-refractivity contribution is -0.145. The average Bonchev–Trinajstić information content (AvgIpc) is 2.57. The summed E-state index contributed by atoms with van der Waals surface area (Å²) in [7, 11) is -3.79. The quantitative estimate of drug-likeness (QED) is 0.696. The Morgan fingerprint density at radius 1 is 1.12 bits per heavy atom. The van der Waals surface area contributed by atoms with E-state index in [1.807, 2.05) is 30.3 Å². The first-order valence-corrected chi connectivity index (χ1v) is 9.42. The number of carboxylic acid groups (broad SMARTS) is 1. The zero-order valence-corrected chi connectivity index (χ0v) is 14.3. The number of pyridine rings is 1. The van der Waals surface area contributed by atoms with E-state index < -0.39 is 21.5 Å². The van der Waals surface area contributed by atoms with Gasteiger partial charge in [0.1, 0.15) is 11.4 Å². The second kappa shape index (κ2) is 6.81. The van der Waals surface area contributed by atoms with Crippen LogP contribution in [0.1, 0.15) is 24.8 Å². The third-order valence-corrected chi connectivity index (χ3v) is 5.59. The van der Waals surface area contributed by atoms with Crippen molar-refractivity contribution in [1.82, 2.24) is 9.71 Å². The predicted molar refractivity (Wildman–Crippen MR) is 92.5 cm³/mol. The highest BCUT2D eigenvalue weighted by Crippen LogP contribution is 2.35. The molecule has 1 aromatic heterocycles. The van der Waals surface area contributed by atoms with E-state index in [0.717, 1.165) is 12.0 Å². The molecule has 0 unspecified atom stereocenters. The largest absolute Gasteiger partial charge is 0.480 e. The van der Waals surface area contributed by atoms with Crippen LogP contribution in [0.3, 0.4) is 0 Å². The highest BCUT2D eigenvalue weighted by Gasteiger charge is 2.44. The summed E-state index contributed by atoms with van der Waals surface area (Å²) in [5.74, 6) is -0.708. The van der Waals surface area contributed by atoms with Crippen molar-refractivity contribution in [1.29, 1.82) is 0 Å². The lowest BCUT2D eigenvalue weighted by Crippen LogP contribution is -2.52. The lowest BCUT2D eigenvalue weighted by atomic mass is 9.77. The molecular formula is C17H19N3O4S. The molecular weight excluding hydrogens is 342 g/mol. The van der Waals surface area contributed by atoms with E-state index in [1.165, 1.54) is 6.07 Å². The maximum Gasteiger partial charge on any atom is 0.329 e. The number of anilines is 1. The summed E-state index contributed by atoms with van der Waals surface area (Å²) >= 11 is 0. The van der Waals surface area contributed by atoms with Gasteiger partial charge < -0.3 is 10.4 Å². The molecule has 0 aliphatic heterocycles. The van der Waals surface area contributed by atoms with Gasteiger partial charge in [0.15, 0.2) is 5.03 Å². The number of hydrogen-bond donors (Lipinski definition) is 3. The molecule has 132 valence electrons. The van der Waals surface area contributed by atoms with Crippen molar-refractivity contribution >= 4 is 21.8 Å². The fourth-order valence-corrected chi connectivity index (χ4v) is 3.63. The first kappa shape index (κ1) is 17.4. The summed E-state index contributed by atoms with van der Waals surface area (Å²) in [4.78, 5) is 15.5. The van der Waals surface area contributed by atoms with Crippen LogP contribution in [0.25, 0.3) is 0 Å². The molecule has 1 heterocycles. The standard InChI is InChI=1S/C17H19N3O4S/c21-16(22)17(10-5-11-17)20-14-8-4-9-15(19-14)25(23,24)18-12-13-6-2-1-3-7-13/h1-4,6-9,18H,5,10-12H2,(H,19,20)(H,21,22). The number of rotatable bonds is 7. The number of aromatic nitrogens is 1. The van der Waals surface area contributed by atoms with Crippen molar-refractivity contribution in [2.24, 2.45) is 0 Å². The van der Waals surface area contributed by atoms with Gasteiger partial charge in [-0.1, -0.05) is 36.4 Å². The van der Waals surface area contributed by atoms with Gasteiger partial charge in [0.2, 0.25) is 0 Å². The second-order valence-electron chi connectivity index (χ2n) is 6.04. The molecule has 25 heavy (non-hydrogen) atoms. The van der Waals surface area contributed by atoms with Crippen molar-refractivity contribution in [3.63, 3.8) is 0 Å². The third kappa shape index (κ3) is 3.80. The number of nitrogens with zero attached hydrogens (tertiary/aromatic N) is 1. The van der Waals surface area contributed by atoms with Crippen molar-refractivity contribution in [2.45, 2.75) is 36.4 Å². The maximum absolute atomic E-state index is 12.4. The van der Waals surface area contributed by atoms with Crippen LogP contribution in [-0.4, -0.2) is 30.0 Å². The Morgan fingerprint density at radius 2 is 1.84 bits per heavy atom. The van der Waals surface area contributed by atoms with Gasteiger partial charge in [0, 0.05) is 6.54 Å². The molecule has 0 saturated heterocycles. The van der Waals surface area contributed by atoms with Crippen LogP contribution in [0.5, 0.6) is 0 Å². The SMILES string of the molecule is O=C(O)C1(Nc2cccc(S(=O)(=O)NCc3ccccc3)n2)CCC1. The van der Waals surface area contributed by atoms with E-state index in [4.69, 9.17) is 0 Å². The number of benzene rings is 1. The number of aliphatic carboxylic acids is 1. The summed E-state index contributed by atoms with van der Waals surface area (Å²) in [6.45, 7) is 0.154. The highest BCUT2D eigenvalue weighted by atomic mass is 32.2. The molecule has 0 radical (unpaired) electrons. The minimum atomic E-state index is -3.79. The van der Waals surface area contributed by atoms with E-state index in [1.54, 1.807) is 12.1 Å². The molecule has 0 atom stereocenters. The van der Waals surface area contributed by atoms with E-state index in [0.29, 0.717) is 12.8 Å². The molecule has 0 spiro atoms. The molecule has 1 aromatic carbocycles. The number of carbonyl (C=O) groups is 1. The summed E-state index contributed by atoms with van der Waals surface area (Å²) in [5.41, 5.74) is -0.216. The topological polar surface area (TPSA) is 108 Å². The third-order valence-electron chi connectivity index (χ3n) is 4.29. The zero-order valence-electron chi connectivity index (χ0n) is 13.5. The molecule has 3 rings (SSSR count). The van der Waals surface area contributed by atoms with Gasteiger partial charge >= 0.3 is 5.97 Å². The fraction of sp³-hybridized carbons (Fsp3) is 0.294. The molecule has 1 fully saturated rings. The van der Waals surface area contributed by atoms with Crippen molar-refractivity contribution in [3.8, 4) is 0 Å². The summed E-state index contributed by atoms with van der Waals surface area (Å²) in [5, 5.41) is 12.1. The molecule has 7 nitrogen and oxygen atoms in total. The molecule has 2 aromatic rings. The maximum atomic E-state index is 12.4. The Hall–Kier alpha value is -2.45. The molecule has 3 N–H and O–H groups in total. The zero-order chi connectivity index (χ0) is 17.9. The van der Waals surface area contributed by atoms with E-state index in [9.17, 15) is 18.3 Å². The van der Waals surface area contributed by atoms with Crippen molar-refractivity contribution < 1.29 is 18.3 Å². The summed E-state index contributed by atoms with van der Waals surface area (Å²) in [6.07, 6.45) is 1.80. The van der Waals surface area contributed by atoms with Crippen LogP contribution >= 0.6 is 0 Å². The van der Waals surface area contributed by atoms with E-state index in [-0.39, 0.29) is 17.4 Å². The van der Waals surface area contributed by atoms with Crippen LogP contribution in [0.4, 0.5) is 5.82 Å². The monoisotopic (exact) mass is 361 g/mol. The first-order chi connectivity index (χ1) is 11.9. The number of nitrogens with one attached hydrogen (secondary N) is 2. The van der Waals surface area contributed by atoms with E-state index in [2.05, 4.69) is 15.0 Å². The summed E-state index contributed by atoms with van der Waals surface area (Å²) in [6, 6.07) is 13.6. The molecule has 0 amide bonds. The second-order valence-corrected chi connectivity index (χ2v) is 7.75.